The Morgan fingerprint density at radius 3 is 2.08 bits per heavy atom. The van der Waals surface area contributed by atoms with Crippen molar-refractivity contribution in [3.63, 3.8) is 0 Å². The lowest BCUT2D eigenvalue weighted by Gasteiger charge is -2.37. The Balaban J connectivity index is 1.38. The summed E-state index contributed by atoms with van der Waals surface area (Å²) in [5, 5.41) is 0. The Labute approximate surface area is 149 Å². The molecule has 2 aliphatic carbocycles. The summed E-state index contributed by atoms with van der Waals surface area (Å²) >= 11 is 0. The van der Waals surface area contributed by atoms with E-state index in [2.05, 4.69) is 4.72 Å². The fourth-order valence-corrected chi connectivity index (χ4v) is 4.11. The number of hydrogen-bond acceptors (Lipinski definition) is 5. The lowest BCUT2D eigenvalue weighted by atomic mass is 9.85. The topological polar surface area (TPSA) is 96.0 Å². The van der Waals surface area contributed by atoms with Gasteiger partial charge in [-0.2, -0.15) is 0 Å². The zero-order valence-electron chi connectivity index (χ0n) is 14.4. The summed E-state index contributed by atoms with van der Waals surface area (Å²) in [6, 6.07) is -0.0387. The van der Waals surface area contributed by atoms with E-state index in [0.717, 1.165) is 12.8 Å². The molecular formula is C16H27N3O5S. The Hall–Kier alpha value is -1.35. The predicted octanol–water partition coefficient (Wildman–Crippen LogP) is 0.352. The van der Waals surface area contributed by atoms with Gasteiger partial charge in [-0.15, -0.1) is 0 Å². The van der Waals surface area contributed by atoms with E-state index in [1.165, 1.54) is 0 Å². The van der Waals surface area contributed by atoms with Gasteiger partial charge in [-0.1, -0.05) is 0 Å². The maximum atomic E-state index is 12.6. The fourth-order valence-electron chi connectivity index (χ4n) is 3.55. The third kappa shape index (κ3) is 5.31. The minimum absolute atomic E-state index is 0.0315. The van der Waals surface area contributed by atoms with E-state index in [-0.39, 0.29) is 24.0 Å². The number of nitrogens with zero attached hydrogens (tertiary/aromatic N) is 2. The van der Waals surface area contributed by atoms with E-state index < -0.39 is 10.9 Å². The summed E-state index contributed by atoms with van der Waals surface area (Å²) in [4.78, 5) is 28.1. The molecule has 0 unspecified atom stereocenters. The van der Waals surface area contributed by atoms with Crippen molar-refractivity contribution in [2.75, 3.05) is 32.8 Å². The summed E-state index contributed by atoms with van der Waals surface area (Å²) in [5.74, 6) is 0.656. The largest absolute Gasteiger partial charge is 0.449 e. The van der Waals surface area contributed by atoms with Crippen LogP contribution < -0.4 is 4.72 Å². The molecule has 3 aliphatic rings. The monoisotopic (exact) mass is 373 g/mol. The summed E-state index contributed by atoms with van der Waals surface area (Å²) < 4.78 is 29.2. The minimum atomic E-state index is -2.57. The molecule has 1 saturated heterocycles. The third-order valence-electron chi connectivity index (χ3n) is 5.35. The molecule has 0 spiro atoms. The first kappa shape index (κ1) is 18.4. The molecule has 0 atom stereocenters. The van der Waals surface area contributed by atoms with Gasteiger partial charge in [0, 0.05) is 38.1 Å². The van der Waals surface area contributed by atoms with Crippen molar-refractivity contribution in [1.82, 2.24) is 14.5 Å². The quantitative estimate of drug-likeness (QED) is 0.678. The van der Waals surface area contributed by atoms with E-state index in [1.54, 1.807) is 4.90 Å². The maximum Gasteiger partial charge on any atom is 0.409 e. The van der Waals surface area contributed by atoms with E-state index in [9.17, 15) is 18.0 Å². The van der Waals surface area contributed by atoms with Gasteiger partial charge in [0.15, 0.2) is 0 Å². The number of carbonyl (C=O) groups excluding carboxylic acids is 2. The molecule has 142 valence electrons. The molecule has 3 fully saturated rings. The summed E-state index contributed by atoms with van der Waals surface area (Å²) in [5.41, 5.74) is 0. The van der Waals surface area contributed by atoms with Gasteiger partial charge < -0.3 is 14.5 Å². The normalized spacial score (nSPS) is 27.4. The molecule has 0 radical (unpaired) electrons. The Kier molecular flexibility index (Phi) is 6.16. The molecule has 1 heterocycles. The lowest BCUT2D eigenvalue weighted by molar-refractivity contribution is -0.138. The Bertz CT molecular complexity index is 554. The van der Waals surface area contributed by atoms with Gasteiger partial charge in [0.2, 0.25) is 16.8 Å². The maximum absolute atomic E-state index is 12.6. The van der Waals surface area contributed by atoms with Crippen LogP contribution in [0.25, 0.3) is 0 Å². The molecule has 3 rings (SSSR count). The van der Waals surface area contributed by atoms with Crippen molar-refractivity contribution >= 4 is 22.9 Å². The zero-order chi connectivity index (χ0) is 17.8. The number of carbonyl (C=O) groups is 2. The standard InChI is InChI=1S/C16H27N3O5S/c20-15(13-3-5-14(6-4-13)17-25(22)23)18-7-9-19(10-8-18)16(21)24-11-12-1-2-12/h12-14,25H,1-11H2,(H,17,22,23). The van der Waals surface area contributed by atoms with Crippen LogP contribution in [-0.4, -0.2) is 69.0 Å². The molecular weight excluding hydrogens is 346 g/mol. The van der Waals surface area contributed by atoms with Gasteiger partial charge in [-0.3, -0.25) is 4.79 Å². The van der Waals surface area contributed by atoms with Crippen LogP contribution in [0.1, 0.15) is 38.5 Å². The number of ether oxygens (including phenoxy) is 1. The average molecular weight is 373 g/mol. The molecule has 9 heteroatoms. The average Bonchev–Trinajstić information content (AvgIpc) is 3.44. The molecule has 2 amide bonds. The predicted molar refractivity (Wildman–Crippen MR) is 91.4 cm³/mol. The first-order chi connectivity index (χ1) is 12.0. The molecule has 1 N–H and O–H groups in total. The second kappa shape index (κ2) is 8.35. The second-order valence-corrected chi connectivity index (χ2v) is 8.04. The van der Waals surface area contributed by atoms with E-state index in [1.807, 2.05) is 4.90 Å². The van der Waals surface area contributed by atoms with Crippen LogP contribution >= 0.6 is 0 Å². The summed E-state index contributed by atoms with van der Waals surface area (Å²) in [7, 11) is -2.57. The van der Waals surface area contributed by atoms with Crippen molar-refractivity contribution in [3.05, 3.63) is 0 Å². The molecule has 0 aromatic rings. The molecule has 0 aromatic heterocycles. The van der Waals surface area contributed by atoms with Crippen molar-refractivity contribution in [1.29, 1.82) is 0 Å². The van der Waals surface area contributed by atoms with Crippen LogP contribution in [0.5, 0.6) is 0 Å². The third-order valence-corrected chi connectivity index (χ3v) is 5.93. The fraction of sp³-hybridized carbons (Fsp3) is 0.875. The highest BCUT2D eigenvalue weighted by Gasteiger charge is 2.32. The lowest BCUT2D eigenvalue weighted by Crippen LogP contribution is -2.52. The van der Waals surface area contributed by atoms with Crippen LogP contribution in [0, 0.1) is 11.8 Å². The van der Waals surface area contributed by atoms with Crippen LogP contribution in [0.4, 0.5) is 4.79 Å². The van der Waals surface area contributed by atoms with Crippen LogP contribution in [-0.2, 0) is 20.4 Å². The number of piperazine rings is 1. The van der Waals surface area contributed by atoms with Crippen LogP contribution in [0.15, 0.2) is 0 Å². The van der Waals surface area contributed by atoms with Crippen molar-refractivity contribution in [3.8, 4) is 0 Å². The molecule has 0 bridgehead atoms. The number of rotatable bonds is 5. The second-order valence-electron chi connectivity index (χ2n) is 7.27. The minimum Gasteiger partial charge on any atom is -0.449 e. The van der Waals surface area contributed by atoms with Gasteiger partial charge in [0.25, 0.3) is 0 Å². The Morgan fingerprint density at radius 1 is 0.920 bits per heavy atom. The van der Waals surface area contributed by atoms with Gasteiger partial charge in [0.1, 0.15) is 0 Å². The summed E-state index contributed by atoms with van der Waals surface area (Å²) in [6.45, 7) is 2.64. The number of amides is 2. The number of thiol groups is 1. The zero-order valence-corrected chi connectivity index (χ0v) is 15.3. The first-order valence-electron chi connectivity index (χ1n) is 9.14. The highest BCUT2D eigenvalue weighted by molar-refractivity contribution is 7.70. The van der Waals surface area contributed by atoms with E-state index in [4.69, 9.17) is 4.74 Å². The molecule has 2 saturated carbocycles. The van der Waals surface area contributed by atoms with E-state index >= 15 is 0 Å². The highest BCUT2D eigenvalue weighted by Crippen LogP contribution is 2.29. The van der Waals surface area contributed by atoms with Gasteiger partial charge >= 0.3 is 6.09 Å². The summed E-state index contributed by atoms with van der Waals surface area (Å²) in [6.07, 6.45) is 4.86. The molecule has 0 aromatic carbocycles. The van der Waals surface area contributed by atoms with Crippen molar-refractivity contribution < 1.29 is 22.7 Å². The number of hydrogen-bond donors (Lipinski definition) is 2. The highest BCUT2D eigenvalue weighted by atomic mass is 32.2. The number of nitrogens with one attached hydrogen (secondary N) is 1. The molecule has 1 aliphatic heterocycles. The smallest absolute Gasteiger partial charge is 0.409 e. The van der Waals surface area contributed by atoms with Gasteiger partial charge in [0.05, 0.1) is 6.61 Å². The molecule has 8 nitrogen and oxygen atoms in total. The Morgan fingerprint density at radius 2 is 1.52 bits per heavy atom. The van der Waals surface area contributed by atoms with Crippen LogP contribution in [0.3, 0.4) is 0 Å². The van der Waals surface area contributed by atoms with Crippen molar-refractivity contribution in [2.24, 2.45) is 11.8 Å². The van der Waals surface area contributed by atoms with E-state index in [0.29, 0.717) is 64.4 Å². The van der Waals surface area contributed by atoms with Gasteiger partial charge in [-0.25, -0.2) is 17.9 Å². The van der Waals surface area contributed by atoms with Crippen LogP contribution in [0.2, 0.25) is 0 Å². The SMILES string of the molecule is O=C(OCC1CC1)N1CCN(C(=O)C2CCC(N[SH](=O)=O)CC2)CC1. The first-order valence-corrected chi connectivity index (χ1v) is 10.3. The molecule has 25 heavy (non-hydrogen) atoms. The van der Waals surface area contributed by atoms with Crippen molar-refractivity contribution in [2.45, 2.75) is 44.6 Å². The van der Waals surface area contributed by atoms with Gasteiger partial charge in [-0.05, 0) is 44.4 Å².